The van der Waals surface area contributed by atoms with Crippen molar-refractivity contribution >= 4 is 39.7 Å². The summed E-state index contributed by atoms with van der Waals surface area (Å²) in [5.74, 6) is -3.08. The number of urea groups is 1. The predicted octanol–water partition coefficient (Wildman–Crippen LogP) is 1.21. The number of Topliss-reactive ketones (excluding diaryl/α,β-unsaturated/α-hetero) is 1. The number of amides is 5. The minimum atomic E-state index is -3.66. The predicted molar refractivity (Wildman–Crippen MR) is 178 cm³/mol. The summed E-state index contributed by atoms with van der Waals surface area (Å²) in [7, 11) is -2.13. The van der Waals surface area contributed by atoms with Gasteiger partial charge in [0.05, 0.1) is 6.04 Å². The van der Waals surface area contributed by atoms with Gasteiger partial charge in [0.2, 0.25) is 17.6 Å². The summed E-state index contributed by atoms with van der Waals surface area (Å²) in [6.07, 6.45) is 2.25. The zero-order chi connectivity index (χ0) is 35.9. The summed E-state index contributed by atoms with van der Waals surface area (Å²) in [6.45, 7) is 18.3. The number of nitrogens with zero attached hydrogens (tertiary/aromatic N) is 3. The normalized spacial score (nSPS) is 26.0. The van der Waals surface area contributed by atoms with Crippen molar-refractivity contribution in [3.05, 3.63) is 0 Å². The molecule has 5 amide bonds. The smallest absolute Gasteiger partial charge is 0.315 e. The van der Waals surface area contributed by atoms with E-state index in [1.807, 2.05) is 62.3 Å². The second kappa shape index (κ2) is 14.0. The number of nitrogens with two attached hydrogens (primary N) is 1. The number of rotatable bonds is 12. The van der Waals surface area contributed by atoms with E-state index in [4.69, 9.17) is 5.73 Å². The van der Waals surface area contributed by atoms with Crippen molar-refractivity contribution in [3.63, 3.8) is 0 Å². The largest absolute Gasteiger partial charge is 0.363 e. The molecule has 2 aliphatic heterocycles. The number of hydrogen-bond acceptors (Lipinski definition) is 7. The van der Waals surface area contributed by atoms with Gasteiger partial charge in [0, 0.05) is 39.3 Å². The van der Waals surface area contributed by atoms with Crippen molar-refractivity contribution in [1.29, 1.82) is 0 Å². The fourth-order valence-electron chi connectivity index (χ4n) is 6.89. The van der Waals surface area contributed by atoms with E-state index < -0.39 is 74.7 Å². The second-order valence-corrected chi connectivity index (χ2v) is 18.2. The lowest BCUT2D eigenvalue weighted by atomic mass is 9.85. The van der Waals surface area contributed by atoms with E-state index in [1.165, 1.54) is 20.6 Å². The summed E-state index contributed by atoms with van der Waals surface area (Å²) in [5.41, 5.74) is 3.78. The molecule has 3 aliphatic rings. The van der Waals surface area contributed by atoms with Gasteiger partial charge in [-0.3, -0.25) is 19.2 Å². The van der Waals surface area contributed by atoms with Crippen LogP contribution in [-0.4, -0.2) is 109 Å². The van der Waals surface area contributed by atoms with Gasteiger partial charge >= 0.3 is 6.03 Å². The van der Waals surface area contributed by atoms with E-state index in [9.17, 15) is 32.4 Å². The van der Waals surface area contributed by atoms with Crippen molar-refractivity contribution in [2.75, 3.05) is 33.2 Å². The van der Waals surface area contributed by atoms with Crippen LogP contribution < -0.4 is 21.7 Å². The zero-order valence-electron chi connectivity index (χ0n) is 29.8. The van der Waals surface area contributed by atoms with Gasteiger partial charge in [-0.25, -0.2) is 4.79 Å². The lowest BCUT2D eigenvalue weighted by molar-refractivity contribution is -0.145. The lowest BCUT2D eigenvalue weighted by Gasteiger charge is -2.40. The van der Waals surface area contributed by atoms with Crippen LogP contribution in [0.3, 0.4) is 0 Å². The van der Waals surface area contributed by atoms with Gasteiger partial charge in [-0.2, -0.15) is 17.0 Å². The van der Waals surface area contributed by atoms with Crippen molar-refractivity contribution in [2.45, 2.75) is 112 Å². The number of nitrogens with one attached hydrogen (secondary N) is 3. The van der Waals surface area contributed by atoms with Crippen LogP contribution in [0.5, 0.6) is 0 Å². The molecule has 0 aromatic carbocycles. The Labute approximate surface area is 280 Å². The van der Waals surface area contributed by atoms with Crippen LogP contribution in [0.2, 0.25) is 0 Å². The molecule has 0 aromatic heterocycles. The number of piperidine rings is 1. The highest BCUT2D eigenvalue weighted by Gasteiger charge is 2.70. The molecular weight excluding hydrogens is 626 g/mol. The number of likely N-dealkylation sites (tertiary alicyclic amines) is 1. The Kier molecular flexibility index (Phi) is 11.5. The maximum absolute atomic E-state index is 14.3. The third-order valence-corrected chi connectivity index (χ3v) is 12.2. The quantitative estimate of drug-likeness (QED) is 0.222. The molecule has 14 nitrogen and oxygen atoms in total. The molecular formula is C32H57N7O7S. The summed E-state index contributed by atoms with van der Waals surface area (Å²) in [6, 6.07) is -4.23. The minimum Gasteiger partial charge on any atom is -0.363 e. The number of hydrogen-bond donors (Lipinski definition) is 4. The molecule has 0 bridgehead atoms. The highest BCUT2D eigenvalue weighted by Crippen LogP contribution is 2.65. The Hall–Kier alpha value is -2.78. The molecule has 2 unspecified atom stereocenters. The number of fused-ring (bicyclic) bond motifs is 1. The zero-order valence-corrected chi connectivity index (χ0v) is 30.6. The summed E-state index contributed by atoms with van der Waals surface area (Å²) in [4.78, 5) is 67.5. The van der Waals surface area contributed by atoms with Crippen LogP contribution in [0.15, 0.2) is 0 Å². The first-order chi connectivity index (χ1) is 21.5. The first kappa shape index (κ1) is 38.7. The summed E-state index contributed by atoms with van der Waals surface area (Å²) in [5, 5.41) is 8.50. The maximum atomic E-state index is 14.3. The fourth-order valence-corrected chi connectivity index (χ4v) is 8.34. The summed E-state index contributed by atoms with van der Waals surface area (Å²) >= 11 is 0. The van der Waals surface area contributed by atoms with E-state index in [2.05, 4.69) is 16.0 Å². The standard InChI is InChI=1S/C32H57N7O7S/c1-11-12-14-20(24(40)26(33)41)34-27(42)23-22-19(32(22,8)9)17-39(23)28(43)25(31(5,6)7)36-29(44)35-21(30(2,3)4)18-38-16-13-15-37(10)47(38,45)46/h19-23,25H,11-18H2,1-10H3,(H2,33,41)(H,34,42)(H2,35,36,44)/t19-,20?,21+,22-,23?,25+/m0/s1. The molecule has 0 spiro atoms. The lowest BCUT2D eigenvalue weighted by Crippen LogP contribution is -2.63. The van der Waals surface area contributed by atoms with E-state index in [1.54, 1.807) is 0 Å². The van der Waals surface area contributed by atoms with E-state index in [0.29, 0.717) is 32.5 Å². The van der Waals surface area contributed by atoms with Gasteiger partial charge in [-0.05, 0) is 40.9 Å². The average Bonchev–Trinajstić information content (AvgIpc) is 3.26. The van der Waals surface area contributed by atoms with E-state index >= 15 is 0 Å². The average molecular weight is 684 g/mol. The molecule has 47 heavy (non-hydrogen) atoms. The highest BCUT2D eigenvalue weighted by molar-refractivity contribution is 7.86. The van der Waals surface area contributed by atoms with Crippen molar-refractivity contribution in [2.24, 2.45) is 33.8 Å². The minimum absolute atomic E-state index is 0.0486. The van der Waals surface area contributed by atoms with Crippen LogP contribution in [0.25, 0.3) is 0 Å². The maximum Gasteiger partial charge on any atom is 0.315 e. The second-order valence-electron chi connectivity index (χ2n) is 16.2. The van der Waals surface area contributed by atoms with Crippen molar-refractivity contribution < 1.29 is 32.4 Å². The molecule has 6 atom stereocenters. The Morgan fingerprint density at radius 1 is 0.957 bits per heavy atom. The van der Waals surface area contributed by atoms with Crippen molar-refractivity contribution in [3.8, 4) is 0 Å². The monoisotopic (exact) mass is 683 g/mol. The molecule has 0 aromatic rings. The number of carbonyl (C=O) groups is 5. The molecule has 2 heterocycles. The van der Waals surface area contributed by atoms with Gasteiger partial charge in [0.25, 0.3) is 16.1 Å². The molecule has 1 saturated carbocycles. The SMILES string of the molecule is CCCCC(NC(=O)C1[C@@H]2[C@H](CN1C(=O)[C@@H](NC(=O)N[C@H](CN1CCCN(C)S1(=O)=O)C(C)(C)C)C(C)(C)C)C2(C)C)C(=O)C(N)=O. The highest BCUT2D eigenvalue weighted by atomic mass is 32.2. The van der Waals surface area contributed by atoms with Crippen LogP contribution in [0.4, 0.5) is 4.79 Å². The molecule has 3 fully saturated rings. The number of carbonyl (C=O) groups excluding carboxylic acids is 5. The van der Waals surface area contributed by atoms with E-state index in [0.717, 1.165) is 6.42 Å². The molecule has 5 N–H and O–H groups in total. The Balaban J connectivity index is 1.83. The van der Waals surface area contributed by atoms with Gasteiger partial charge in [0.1, 0.15) is 12.1 Å². The molecule has 0 radical (unpaired) electrons. The number of unbranched alkanes of at least 4 members (excludes halogenated alkanes) is 1. The molecule has 15 heteroatoms. The Morgan fingerprint density at radius 2 is 1.57 bits per heavy atom. The molecule has 268 valence electrons. The van der Waals surface area contributed by atoms with Crippen LogP contribution >= 0.6 is 0 Å². The van der Waals surface area contributed by atoms with Gasteiger partial charge in [0.15, 0.2) is 0 Å². The van der Waals surface area contributed by atoms with Gasteiger partial charge in [-0.1, -0.05) is 75.2 Å². The third kappa shape index (κ3) is 8.45. The van der Waals surface area contributed by atoms with Gasteiger partial charge < -0.3 is 26.6 Å². The van der Waals surface area contributed by atoms with Gasteiger partial charge in [-0.15, -0.1) is 0 Å². The Morgan fingerprint density at radius 3 is 2.11 bits per heavy atom. The fraction of sp³-hybridized carbons (Fsp3) is 0.844. The number of ketones is 1. The molecule has 3 rings (SSSR count). The third-order valence-electron chi connectivity index (χ3n) is 10.2. The number of primary amides is 1. The van der Waals surface area contributed by atoms with Crippen molar-refractivity contribution in [1.82, 2.24) is 29.5 Å². The Bertz CT molecular complexity index is 1340. The first-order valence-corrected chi connectivity index (χ1v) is 18.1. The van der Waals surface area contributed by atoms with E-state index in [-0.39, 0.29) is 30.2 Å². The first-order valence-electron chi connectivity index (χ1n) is 16.7. The summed E-state index contributed by atoms with van der Waals surface area (Å²) < 4.78 is 28.6. The molecule has 1 aliphatic carbocycles. The molecule has 2 saturated heterocycles. The van der Waals surface area contributed by atoms with Crippen LogP contribution in [-0.2, 0) is 29.4 Å². The van der Waals surface area contributed by atoms with Crippen LogP contribution in [0, 0.1) is 28.1 Å². The van der Waals surface area contributed by atoms with Crippen LogP contribution in [0.1, 0.15) is 88.0 Å². The topological polar surface area (TPSA) is 191 Å².